The Balaban J connectivity index is 1.41. The van der Waals surface area contributed by atoms with Gasteiger partial charge in [-0.05, 0) is 54.3 Å². The molecule has 6 fully saturated rings. The highest BCUT2D eigenvalue weighted by Crippen LogP contribution is 2.73. The van der Waals surface area contributed by atoms with Crippen LogP contribution in [0.4, 0.5) is 0 Å². The first-order chi connectivity index (χ1) is 16.1. The molecule has 8 atom stereocenters. The first-order valence-corrected chi connectivity index (χ1v) is 14.7. The summed E-state index contributed by atoms with van der Waals surface area (Å²) in [5.74, 6) is 3.94. The topological polar surface area (TPSA) is 36.9 Å². The Bertz CT molecular complexity index is 776. The molecule has 2 heterocycles. The van der Waals surface area contributed by atoms with Gasteiger partial charge in [-0.15, -0.1) is 0 Å². The van der Waals surface area contributed by atoms with E-state index in [0.29, 0.717) is 18.0 Å². The minimum absolute atomic E-state index is 0.155. The molecule has 6 rings (SSSR count). The maximum atomic E-state index is 6.52. The van der Waals surface area contributed by atoms with Crippen LogP contribution in [0.2, 0.25) is 39.4 Å². The molecule has 2 saturated heterocycles. The summed E-state index contributed by atoms with van der Waals surface area (Å²) in [5.41, 5.74) is 0.537. The summed E-state index contributed by atoms with van der Waals surface area (Å²) in [5, 5.41) is 0. The van der Waals surface area contributed by atoms with Crippen molar-refractivity contribution in [3.63, 3.8) is 0 Å². The first kappa shape index (κ1) is 24.3. The molecule has 6 aliphatic rings. The maximum absolute atomic E-state index is 6.52. The van der Waals surface area contributed by atoms with Crippen LogP contribution in [-0.4, -0.2) is 51.4 Å². The van der Waals surface area contributed by atoms with Gasteiger partial charge in [0.15, 0.2) is 11.6 Å². The second-order valence-corrected chi connectivity index (χ2v) is 14.4. The average molecular weight is 470 g/mol. The molecule has 0 bridgehead atoms. The van der Waals surface area contributed by atoms with E-state index in [-0.39, 0.29) is 17.0 Å². The number of fused-ring (bicyclic) bond motifs is 6. The lowest BCUT2D eigenvalue weighted by Gasteiger charge is -2.67. The maximum Gasteiger partial charge on any atom is 0.174 e. The van der Waals surface area contributed by atoms with Gasteiger partial charge in [0.25, 0.3) is 0 Å². The number of hydrogen-bond acceptors (Lipinski definition) is 4. The van der Waals surface area contributed by atoms with Crippen molar-refractivity contribution < 1.29 is 18.9 Å². The van der Waals surface area contributed by atoms with Gasteiger partial charge >= 0.3 is 0 Å². The fourth-order valence-corrected chi connectivity index (χ4v) is 10.9. The predicted octanol–water partition coefficient (Wildman–Crippen LogP) is 6.23. The Labute approximate surface area is 209 Å². The van der Waals surface area contributed by atoms with E-state index in [1.807, 2.05) is 0 Å². The molecule has 4 nitrogen and oxygen atoms in total. The molecule has 0 radical (unpaired) electrons. The number of hydrogen-bond donors (Lipinski definition) is 0. The molecule has 0 aromatic rings. The largest absolute Gasteiger partial charge is 0.348 e. The molecule has 2 spiro atoms. The molecule has 0 N–H and O–H groups in total. The first-order valence-electron chi connectivity index (χ1n) is 14.7. The monoisotopic (exact) mass is 470 g/mol. The summed E-state index contributed by atoms with van der Waals surface area (Å²) in [6.07, 6.45) is 9.84. The van der Waals surface area contributed by atoms with E-state index < -0.39 is 0 Å². The standard InChI is InChI=1S/C28H48B2O4/c1-25-9-10-27(31-11-12-32-27)17-22(25)23(30(5)6)15-20-21-7-8-28(33-13-14-34-28)26(21,2)16-19(24(20)25)18-29(3)4/h19-24H,7-18H2,1-6H3/t19-,20+,21+,22-,23+,24+,25+,26+/m1/s1. The van der Waals surface area contributed by atoms with Crippen molar-refractivity contribution in [3.8, 4) is 0 Å². The van der Waals surface area contributed by atoms with Crippen LogP contribution in [0.5, 0.6) is 0 Å². The lowest BCUT2D eigenvalue weighted by Crippen LogP contribution is -2.63. The third-order valence-electron chi connectivity index (χ3n) is 12.1. The Morgan fingerprint density at radius 1 is 0.794 bits per heavy atom. The van der Waals surface area contributed by atoms with Gasteiger partial charge in [-0.3, -0.25) is 0 Å². The van der Waals surface area contributed by atoms with Crippen molar-refractivity contribution in [3.05, 3.63) is 0 Å². The van der Waals surface area contributed by atoms with Gasteiger partial charge in [-0.25, -0.2) is 0 Å². The van der Waals surface area contributed by atoms with E-state index in [4.69, 9.17) is 18.9 Å². The summed E-state index contributed by atoms with van der Waals surface area (Å²) < 4.78 is 25.7. The minimum Gasteiger partial charge on any atom is -0.348 e. The van der Waals surface area contributed by atoms with Crippen molar-refractivity contribution in [1.82, 2.24) is 0 Å². The van der Waals surface area contributed by atoms with E-state index >= 15 is 0 Å². The van der Waals surface area contributed by atoms with Crippen molar-refractivity contribution in [2.24, 2.45) is 40.4 Å². The van der Waals surface area contributed by atoms with Crippen LogP contribution >= 0.6 is 0 Å². The zero-order valence-electron chi connectivity index (χ0n) is 22.7. The Hall–Kier alpha value is -0.0301. The molecule has 0 amide bonds. The van der Waals surface area contributed by atoms with Crippen molar-refractivity contribution in [1.29, 1.82) is 0 Å². The summed E-state index contributed by atoms with van der Waals surface area (Å²) in [7, 11) is 0. The van der Waals surface area contributed by atoms with Crippen LogP contribution in [0.1, 0.15) is 58.8 Å². The lowest BCUT2D eigenvalue weighted by molar-refractivity contribution is -0.267. The Morgan fingerprint density at radius 2 is 1.47 bits per heavy atom. The molecule has 0 aromatic carbocycles. The van der Waals surface area contributed by atoms with E-state index in [2.05, 4.69) is 41.1 Å². The van der Waals surface area contributed by atoms with E-state index in [9.17, 15) is 0 Å². The van der Waals surface area contributed by atoms with Gasteiger partial charge in [0.1, 0.15) is 13.4 Å². The molecule has 0 aromatic heterocycles. The zero-order valence-corrected chi connectivity index (χ0v) is 22.7. The molecular formula is C28H48B2O4. The fourth-order valence-electron chi connectivity index (χ4n) is 10.9. The lowest BCUT2D eigenvalue weighted by atomic mass is 9.29. The average Bonchev–Trinajstić information content (AvgIpc) is 3.49. The predicted molar refractivity (Wildman–Crippen MR) is 139 cm³/mol. The van der Waals surface area contributed by atoms with E-state index in [1.54, 1.807) is 0 Å². The molecule has 34 heavy (non-hydrogen) atoms. The van der Waals surface area contributed by atoms with Gasteiger partial charge in [0.2, 0.25) is 0 Å². The zero-order chi connectivity index (χ0) is 23.9. The fraction of sp³-hybridized carbons (Fsp3) is 1.00. The highest BCUT2D eigenvalue weighted by Gasteiger charge is 2.71. The molecular weight excluding hydrogens is 422 g/mol. The number of ether oxygens (including phenoxy) is 4. The van der Waals surface area contributed by atoms with Crippen LogP contribution in [0, 0.1) is 40.4 Å². The van der Waals surface area contributed by atoms with Gasteiger partial charge in [-0.2, -0.15) is 0 Å². The summed E-state index contributed by atoms with van der Waals surface area (Å²) >= 11 is 0. The number of rotatable bonds is 3. The third-order valence-corrected chi connectivity index (χ3v) is 12.1. The Kier molecular flexibility index (Phi) is 5.89. The highest BCUT2D eigenvalue weighted by atomic mass is 16.7. The minimum atomic E-state index is -0.314. The van der Waals surface area contributed by atoms with Crippen LogP contribution < -0.4 is 0 Å². The molecule has 4 saturated carbocycles. The molecule has 2 aliphatic heterocycles. The second kappa shape index (κ2) is 8.23. The smallest absolute Gasteiger partial charge is 0.174 e. The molecule has 190 valence electrons. The van der Waals surface area contributed by atoms with Gasteiger partial charge in [-0.1, -0.05) is 59.7 Å². The van der Waals surface area contributed by atoms with Crippen molar-refractivity contribution >= 4 is 13.4 Å². The second-order valence-electron chi connectivity index (χ2n) is 14.4. The van der Waals surface area contributed by atoms with Gasteiger partial charge in [0, 0.05) is 24.7 Å². The summed E-state index contributed by atoms with van der Waals surface area (Å²) in [6, 6.07) is 0. The van der Waals surface area contributed by atoms with Crippen LogP contribution in [-0.2, 0) is 18.9 Å². The normalized spacial score (nSPS) is 48.5. The van der Waals surface area contributed by atoms with Crippen LogP contribution in [0.15, 0.2) is 0 Å². The highest BCUT2D eigenvalue weighted by molar-refractivity contribution is 6.57. The van der Waals surface area contributed by atoms with Crippen LogP contribution in [0.3, 0.4) is 0 Å². The van der Waals surface area contributed by atoms with Crippen molar-refractivity contribution in [2.45, 2.75) is 110 Å². The van der Waals surface area contributed by atoms with E-state index in [1.165, 1.54) is 32.0 Å². The Morgan fingerprint density at radius 3 is 2.12 bits per heavy atom. The van der Waals surface area contributed by atoms with Gasteiger partial charge < -0.3 is 18.9 Å². The van der Waals surface area contributed by atoms with Crippen molar-refractivity contribution in [2.75, 3.05) is 26.4 Å². The molecule has 4 aliphatic carbocycles. The molecule has 6 heteroatoms. The SMILES string of the molecule is CB(C)C[C@H]1C[C@@]2(C)[C@@H](CCC23OCCO3)[C@@H]2C[C@H](B(C)C)[C@H]3CC4(CC[C@]3(C)[C@@H]12)OCCO4. The van der Waals surface area contributed by atoms with E-state index in [0.717, 1.165) is 81.9 Å². The summed E-state index contributed by atoms with van der Waals surface area (Å²) in [6.45, 7) is 19.7. The van der Waals surface area contributed by atoms with Crippen LogP contribution in [0.25, 0.3) is 0 Å². The summed E-state index contributed by atoms with van der Waals surface area (Å²) in [4.78, 5) is 0. The van der Waals surface area contributed by atoms with Gasteiger partial charge in [0.05, 0.1) is 26.4 Å². The molecule has 0 unspecified atom stereocenters. The quantitative estimate of drug-likeness (QED) is 0.459. The third kappa shape index (κ3) is 3.33.